The number of fused-ring (bicyclic) bond motifs is 4. The van der Waals surface area contributed by atoms with Crippen molar-refractivity contribution in [2.24, 2.45) is 23.7 Å². The van der Waals surface area contributed by atoms with Crippen LogP contribution in [0.15, 0.2) is 54.6 Å². The second kappa shape index (κ2) is 14.2. The molecule has 10 nitrogen and oxygen atoms in total. The van der Waals surface area contributed by atoms with Crippen LogP contribution in [0.4, 0.5) is 8.78 Å². The van der Waals surface area contributed by atoms with Crippen molar-refractivity contribution in [2.45, 2.75) is 82.9 Å². The summed E-state index contributed by atoms with van der Waals surface area (Å²) in [6.45, 7) is 5.79. The minimum absolute atomic E-state index is 0.129. The summed E-state index contributed by atoms with van der Waals surface area (Å²) in [5, 5.41) is 13.0. The van der Waals surface area contributed by atoms with Crippen molar-refractivity contribution in [2.75, 3.05) is 19.6 Å². The highest BCUT2D eigenvalue weighted by Crippen LogP contribution is 2.46. The fourth-order valence-electron chi connectivity index (χ4n) is 7.99. The molecule has 3 fully saturated rings. The largest absolute Gasteiger partial charge is 0.479 e. The monoisotopic (exact) mass is 705 g/mol. The standard InChI is InChI=1S/C39H45F2N3O7/c1-38(2,3)51-32(45)17-25-10-7-5-4-6-8-13-28-19-39(28,37(49)50)42-34(46)33-31-22-43(20-27(31)21-44(33)36(25)48)35(47)24-12-9-11-23(14-24)26-15-29(40)18-30(41)16-26/h8-9,11-16,18,25,27-28,31,33H,4-7,10,17,19-22H2,1-3H3,(H,42,46)(H,49,50)/b13-8-/t25-,27-,28+,31-,33-,39+/m0/s1. The van der Waals surface area contributed by atoms with Gasteiger partial charge < -0.3 is 25.0 Å². The predicted octanol–water partition coefficient (Wildman–Crippen LogP) is 5.36. The van der Waals surface area contributed by atoms with E-state index in [0.29, 0.717) is 24.0 Å². The fourth-order valence-corrected chi connectivity index (χ4v) is 7.99. The number of rotatable bonds is 5. The van der Waals surface area contributed by atoms with E-state index < -0.39 is 58.5 Å². The summed E-state index contributed by atoms with van der Waals surface area (Å²) in [7, 11) is 0. The van der Waals surface area contributed by atoms with Gasteiger partial charge in [-0.1, -0.05) is 37.1 Å². The Morgan fingerprint density at radius 3 is 2.43 bits per heavy atom. The molecule has 3 amide bonds. The van der Waals surface area contributed by atoms with Crippen LogP contribution in [0.1, 0.15) is 76.1 Å². The molecule has 0 radical (unpaired) electrons. The SMILES string of the molecule is CC(C)(C)OC(=O)C[C@@H]1CCCCC/C=C\[C@@H]2C[C@@]2(C(=O)O)NC(=O)[C@@H]2[C@H]3CN(C(=O)c4cccc(-c5cc(F)cc(F)c5)c4)C[C@H]3CN2C1=O. The summed E-state index contributed by atoms with van der Waals surface area (Å²) in [5.74, 6) is -6.31. The first-order chi connectivity index (χ1) is 24.1. The molecule has 6 rings (SSSR count). The molecule has 6 atom stereocenters. The molecular weight excluding hydrogens is 660 g/mol. The van der Waals surface area contributed by atoms with E-state index in [-0.39, 0.29) is 61.7 Å². The lowest BCUT2D eigenvalue weighted by atomic mass is 9.92. The molecule has 12 heteroatoms. The van der Waals surface area contributed by atoms with Crippen LogP contribution in [0.2, 0.25) is 0 Å². The van der Waals surface area contributed by atoms with Gasteiger partial charge in [-0.05, 0) is 81.8 Å². The molecule has 0 spiro atoms. The number of carbonyl (C=O) groups is 5. The molecule has 0 aromatic heterocycles. The molecule has 0 bridgehead atoms. The predicted molar refractivity (Wildman–Crippen MR) is 183 cm³/mol. The summed E-state index contributed by atoms with van der Waals surface area (Å²) in [5.41, 5.74) is -1.19. The maximum absolute atomic E-state index is 14.4. The van der Waals surface area contributed by atoms with Gasteiger partial charge >= 0.3 is 11.9 Å². The van der Waals surface area contributed by atoms with Gasteiger partial charge in [0.25, 0.3) is 5.91 Å². The van der Waals surface area contributed by atoms with Crippen molar-refractivity contribution in [1.29, 1.82) is 0 Å². The van der Waals surface area contributed by atoms with Gasteiger partial charge in [0.2, 0.25) is 11.8 Å². The van der Waals surface area contributed by atoms with Crippen molar-refractivity contribution in [3.63, 3.8) is 0 Å². The van der Waals surface area contributed by atoms with Crippen LogP contribution in [0.25, 0.3) is 11.1 Å². The molecule has 2 saturated heterocycles. The smallest absolute Gasteiger partial charge is 0.330 e. The summed E-state index contributed by atoms with van der Waals surface area (Å²) in [6.07, 6.45) is 7.39. The Morgan fingerprint density at radius 1 is 0.980 bits per heavy atom. The molecule has 3 heterocycles. The number of hydrogen-bond donors (Lipinski definition) is 2. The number of nitrogens with zero attached hydrogens (tertiary/aromatic N) is 2. The second-order valence-corrected chi connectivity index (χ2v) is 15.4. The highest BCUT2D eigenvalue weighted by Gasteiger charge is 2.62. The number of aliphatic carboxylic acids is 1. The summed E-state index contributed by atoms with van der Waals surface area (Å²) in [6, 6.07) is 8.55. The molecule has 2 aromatic carbocycles. The van der Waals surface area contributed by atoms with Crippen molar-refractivity contribution in [3.8, 4) is 11.1 Å². The summed E-state index contributed by atoms with van der Waals surface area (Å²) in [4.78, 5) is 71.1. The minimum atomic E-state index is -1.48. The highest BCUT2D eigenvalue weighted by atomic mass is 19.1. The first-order valence-electron chi connectivity index (χ1n) is 17.8. The molecule has 3 aliphatic heterocycles. The molecule has 0 unspecified atom stereocenters. The molecule has 272 valence electrons. The van der Waals surface area contributed by atoms with Crippen LogP contribution >= 0.6 is 0 Å². The van der Waals surface area contributed by atoms with E-state index in [2.05, 4.69) is 5.32 Å². The van der Waals surface area contributed by atoms with Crippen LogP contribution in [0, 0.1) is 35.3 Å². The zero-order valence-electron chi connectivity index (χ0n) is 29.2. The lowest BCUT2D eigenvalue weighted by molar-refractivity contribution is -0.159. The minimum Gasteiger partial charge on any atom is -0.479 e. The van der Waals surface area contributed by atoms with E-state index in [4.69, 9.17) is 4.74 Å². The number of allylic oxidation sites excluding steroid dienone is 1. The Bertz CT molecular complexity index is 1740. The Hall–Kier alpha value is -4.61. The van der Waals surface area contributed by atoms with Crippen molar-refractivity contribution in [1.82, 2.24) is 15.1 Å². The Labute approximate surface area is 296 Å². The van der Waals surface area contributed by atoms with Gasteiger partial charge in [0.05, 0.1) is 6.42 Å². The quantitative estimate of drug-likeness (QED) is 0.316. The van der Waals surface area contributed by atoms with Crippen molar-refractivity contribution in [3.05, 3.63) is 71.8 Å². The molecule has 4 aliphatic rings. The van der Waals surface area contributed by atoms with E-state index in [9.17, 15) is 37.9 Å². The first-order valence-corrected chi connectivity index (χ1v) is 17.8. The number of hydrogen-bond acceptors (Lipinski definition) is 6. The van der Waals surface area contributed by atoms with Gasteiger partial charge in [-0.2, -0.15) is 0 Å². The van der Waals surface area contributed by atoms with Gasteiger partial charge in [-0.3, -0.25) is 19.2 Å². The molecule has 1 aliphatic carbocycles. The van der Waals surface area contributed by atoms with Gasteiger partial charge in [-0.25, -0.2) is 13.6 Å². The van der Waals surface area contributed by atoms with E-state index >= 15 is 0 Å². The van der Waals surface area contributed by atoms with Gasteiger partial charge in [0.1, 0.15) is 28.8 Å². The van der Waals surface area contributed by atoms with Gasteiger partial charge in [0.15, 0.2) is 0 Å². The van der Waals surface area contributed by atoms with Crippen molar-refractivity contribution >= 4 is 29.7 Å². The van der Waals surface area contributed by atoms with Crippen LogP contribution < -0.4 is 5.32 Å². The highest BCUT2D eigenvalue weighted by molar-refractivity contribution is 5.97. The van der Waals surface area contributed by atoms with Crippen LogP contribution in [0.5, 0.6) is 0 Å². The molecular formula is C39H45F2N3O7. The van der Waals surface area contributed by atoms with E-state index in [1.165, 1.54) is 17.0 Å². The summed E-state index contributed by atoms with van der Waals surface area (Å²) < 4.78 is 33.5. The van der Waals surface area contributed by atoms with Crippen LogP contribution in [-0.4, -0.2) is 81.4 Å². The Kier molecular flexibility index (Phi) is 10.1. The zero-order chi connectivity index (χ0) is 36.7. The number of nitrogens with one attached hydrogen (secondary N) is 1. The summed E-state index contributed by atoms with van der Waals surface area (Å²) >= 11 is 0. The number of carboxylic acids is 1. The van der Waals surface area contributed by atoms with Gasteiger partial charge in [0, 0.05) is 54.9 Å². The second-order valence-electron chi connectivity index (χ2n) is 15.4. The average molecular weight is 706 g/mol. The average Bonchev–Trinajstić information content (AvgIpc) is 3.40. The topological polar surface area (TPSA) is 133 Å². The van der Waals surface area contributed by atoms with Crippen LogP contribution in [-0.2, 0) is 23.9 Å². The normalized spacial score (nSPS) is 28.8. The maximum Gasteiger partial charge on any atom is 0.330 e. The lowest BCUT2D eigenvalue weighted by Crippen LogP contribution is -2.56. The third-order valence-corrected chi connectivity index (χ3v) is 10.5. The van der Waals surface area contributed by atoms with Crippen LogP contribution in [0.3, 0.4) is 0 Å². The fraction of sp³-hybridized carbons (Fsp3) is 0.513. The number of benzene rings is 2. The maximum atomic E-state index is 14.4. The first kappa shape index (κ1) is 36.2. The molecule has 2 aromatic rings. The molecule has 2 N–H and O–H groups in total. The van der Waals surface area contributed by atoms with E-state index in [1.807, 2.05) is 12.2 Å². The van der Waals surface area contributed by atoms with Crippen molar-refractivity contribution < 1.29 is 42.6 Å². The zero-order valence-corrected chi connectivity index (χ0v) is 29.2. The van der Waals surface area contributed by atoms with E-state index in [1.54, 1.807) is 49.9 Å². The number of carboxylic acid groups (broad SMARTS) is 1. The Morgan fingerprint density at radius 2 is 1.73 bits per heavy atom. The van der Waals surface area contributed by atoms with Gasteiger partial charge in [-0.15, -0.1) is 0 Å². The van der Waals surface area contributed by atoms with E-state index in [0.717, 1.165) is 25.3 Å². The third kappa shape index (κ3) is 7.84. The number of ether oxygens (including phenoxy) is 1. The number of esters is 1. The number of likely N-dealkylation sites (tertiary alicyclic amines) is 1. The lowest BCUT2D eigenvalue weighted by Gasteiger charge is -2.32. The Balaban J connectivity index is 1.28. The third-order valence-electron chi connectivity index (χ3n) is 10.5. The number of halogens is 2. The number of carbonyl (C=O) groups excluding carboxylic acids is 4. The molecule has 1 saturated carbocycles. The number of amides is 3. The molecule has 51 heavy (non-hydrogen) atoms.